The number of sulfonamides is 1. The summed E-state index contributed by atoms with van der Waals surface area (Å²) in [6, 6.07) is 19.4. The van der Waals surface area contributed by atoms with Crippen LogP contribution in [0.25, 0.3) is 0 Å². The number of likely N-dealkylation sites (N-methyl/N-ethyl adjacent to an activating group) is 1. The van der Waals surface area contributed by atoms with Gasteiger partial charge in [0.25, 0.3) is 0 Å². The first-order chi connectivity index (χ1) is 18.6. The van der Waals surface area contributed by atoms with Crippen molar-refractivity contribution in [2.45, 2.75) is 38.8 Å². The van der Waals surface area contributed by atoms with Gasteiger partial charge in [-0.1, -0.05) is 48.5 Å². The van der Waals surface area contributed by atoms with E-state index in [1.165, 1.54) is 23.1 Å². The Morgan fingerprint density at radius 1 is 0.923 bits per heavy atom. The Balaban J connectivity index is 1.86. The van der Waals surface area contributed by atoms with Gasteiger partial charge in [-0.2, -0.15) is 0 Å². The van der Waals surface area contributed by atoms with E-state index in [0.717, 1.165) is 28.3 Å². The van der Waals surface area contributed by atoms with Crippen LogP contribution in [0.4, 0.5) is 14.5 Å². The summed E-state index contributed by atoms with van der Waals surface area (Å²) < 4.78 is 53.9. The fourth-order valence-electron chi connectivity index (χ4n) is 4.27. The van der Waals surface area contributed by atoms with E-state index in [-0.39, 0.29) is 49.5 Å². The second-order valence-corrected chi connectivity index (χ2v) is 11.0. The van der Waals surface area contributed by atoms with Crippen molar-refractivity contribution in [3.8, 4) is 0 Å². The lowest BCUT2D eigenvalue weighted by Gasteiger charge is -2.32. The van der Waals surface area contributed by atoms with Crippen LogP contribution in [-0.4, -0.2) is 50.5 Å². The van der Waals surface area contributed by atoms with Crippen LogP contribution in [0.5, 0.6) is 0 Å². The molecule has 208 valence electrons. The molecular weight excluding hydrogens is 524 g/mol. The van der Waals surface area contributed by atoms with Crippen molar-refractivity contribution in [3.05, 3.63) is 102 Å². The van der Waals surface area contributed by atoms with Gasteiger partial charge in [-0.05, 0) is 49.2 Å². The number of hydrogen-bond acceptors (Lipinski definition) is 4. The minimum Gasteiger partial charge on any atom is -0.355 e. The maximum Gasteiger partial charge on any atom is 0.243 e. The zero-order chi connectivity index (χ0) is 28.4. The third kappa shape index (κ3) is 8.61. The maximum absolute atomic E-state index is 14.6. The highest BCUT2D eigenvalue weighted by Crippen LogP contribution is 2.21. The number of rotatable bonds is 13. The summed E-state index contributed by atoms with van der Waals surface area (Å²) in [7, 11) is -3.71. The SMILES string of the molecule is CCNC(=O)[C@H](Cc1ccccc1)N(Cc1ccccc1F)C(=O)CCCN(c1ccc(F)cc1)S(C)(=O)=O. The molecule has 0 aromatic heterocycles. The molecule has 2 amide bonds. The first-order valence-corrected chi connectivity index (χ1v) is 14.5. The summed E-state index contributed by atoms with van der Waals surface area (Å²) in [5.41, 5.74) is 1.37. The van der Waals surface area contributed by atoms with E-state index < -0.39 is 33.6 Å². The fraction of sp³-hybridized carbons (Fsp3) is 0.310. The largest absolute Gasteiger partial charge is 0.355 e. The second-order valence-electron chi connectivity index (χ2n) is 9.13. The lowest BCUT2D eigenvalue weighted by Crippen LogP contribution is -2.50. The fourth-order valence-corrected chi connectivity index (χ4v) is 5.23. The highest BCUT2D eigenvalue weighted by atomic mass is 32.2. The van der Waals surface area contributed by atoms with Crippen molar-refractivity contribution >= 4 is 27.5 Å². The molecule has 0 unspecified atom stereocenters. The standard InChI is InChI=1S/C29H33F2N3O4S/c1-3-32-29(36)27(20-22-10-5-4-6-11-22)33(21-23-12-7-8-13-26(23)31)28(35)14-9-19-34(39(2,37)38)25-17-15-24(30)16-18-25/h4-8,10-13,15-18,27H,3,9,14,19-21H2,1-2H3,(H,32,36)/t27-/m0/s1. The van der Waals surface area contributed by atoms with Gasteiger partial charge in [-0.3, -0.25) is 13.9 Å². The quantitative estimate of drug-likeness (QED) is 0.340. The number of carbonyl (C=O) groups excluding carboxylic acids is 2. The molecule has 3 aromatic carbocycles. The van der Waals surface area contributed by atoms with E-state index in [1.54, 1.807) is 25.1 Å². The zero-order valence-electron chi connectivity index (χ0n) is 22.0. The third-order valence-electron chi connectivity index (χ3n) is 6.19. The molecule has 0 bridgehead atoms. The van der Waals surface area contributed by atoms with Crippen molar-refractivity contribution in [2.24, 2.45) is 0 Å². The predicted octanol–water partition coefficient (Wildman–Crippen LogP) is 4.29. The molecule has 3 aromatic rings. The molecule has 0 saturated heterocycles. The maximum atomic E-state index is 14.6. The summed E-state index contributed by atoms with van der Waals surface area (Å²) in [5, 5.41) is 2.78. The van der Waals surface area contributed by atoms with Crippen LogP contribution in [0, 0.1) is 11.6 Å². The van der Waals surface area contributed by atoms with E-state index in [1.807, 2.05) is 30.3 Å². The van der Waals surface area contributed by atoms with Crippen molar-refractivity contribution in [1.29, 1.82) is 0 Å². The van der Waals surface area contributed by atoms with Crippen LogP contribution in [0.3, 0.4) is 0 Å². The number of benzene rings is 3. The molecule has 0 saturated carbocycles. The third-order valence-corrected chi connectivity index (χ3v) is 7.38. The van der Waals surface area contributed by atoms with E-state index in [2.05, 4.69) is 5.32 Å². The van der Waals surface area contributed by atoms with E-state index in [9.17, 15) is 26.8 Å². The number of hydrogen-bond donors (Lipinski definition) is 1. The topological polar surface area (TPSA) is 86.8 Å². The van der Waals surface area contributed by atoms with Crippen LogP contribution in [0.1, 0.15) is 30.9 Å². The van der Waals surface area contributed by atoms with Gasteiger partial charge in [0.15, 0.2) is 0 Å². The molecule has 0 fully saturated rings. The first kappa shape index (κ1) is 29.8. The Kier molecular flexibility index (Phi) is 10.6. The molecule has 0 aliphatic heterocycles. The Bertz CT molecular complexity index is 1350. The van der Waals surface area contributed by atoms with Gasteiger partial charge >= 0.3 is 0 Å². The smallest absolute Gasteiger partial charge is 0.243 e. The van der Waals surface area contributed by atoms with Gasteiger partial charge in [0.2, 0.25) is 21.8 Å². The van der Waals surface area contributed by atoms with E-state index >= 15 is 0 Å². The minimum atomic E-state index is -3.71. The average Bonchev–Trinajstić information content (AvgIpc) is 2.90. The van der Waals surface area contributed by atoms with Gasteiger partial charge in [-0.15, -0.1) is 0 Å². The molecule has 1 N–H and O–H groups in total. The highest BCUT2D eigenvalue weighted by molar-refractivity contribution is 7.92. The molecule has 1 atom stereocenters. The lowest BCUT2D eigenvalue weighted by atomic mass is 10.0. The summed E-state index contributed by atoms with van der Waals surface area (Å²) >= 11 is 0. The molecule has 7 nitrogen and oxygen atoms in total. The second kappa shape index (κ2) is 13.8. The van der Waals surface area contributed by atoms with Crippen molar-refractivity contribution in [1.82, 2.24) is 10.2 Å². The van der Waals surface area contributed by atoms with Gasteiger partial charge in [0.05, 0.1) is 11.9 Å². The Morgan fingerprint density at radius 2 is 1.56 bits per heavy atom. The highest BCUT2D eigenvalue weighted by Gasteiger charge is 2.30. The van der Waals surface area contributed by atoms with Gasteiger partial charge in [0.1, 0.15) is 17.7 Å². The molecular formula is C29H33F2N3O4S. The number of amides is 2. The van der Waals surface area contributed by atoms with Gasteiger partial charge < -0.3 is 10.2 Å². The van der Waals surface area contributed by atoms with Crippen molar-refractivity contribution in [2.75, 3.05) is 23.7 Å². The van der Waals surface area contributed by atoms with Crippen LogP contribution in [0.15, 0.2) is 78.9 Å². The van der Waals surface area contributed by atoms with Crippen LogP contribution < -0.4 is 9.62 Å². The lowest BCUT2D eigenvalue weighted by molar-refractivity contribution is -0.141. The predicted molar refractivity (Wildman–Crippen MR) is 147 cm³/mol. The Labute approximate surface area is 228 Å². The molecule has 0 spiro atoms. The van der Waals surface area contributed by atoms with Crippen LogP contribution in [-0.2, 0) is 32.6 Å². The Morgan fingerprint density at radius 3 is 2.18 bits per heavy atom. The zero-order valence-corrected chi connectivity index (χ0v) is 22.8. The molecule has 0 heterocycles. The minimum absolute atomic E-state index is 0.0335. The molecule has 0 aliphatic carbocycles. The Hall–Kier alpha value is -3.79. The normalized spacial score (nSPS) is 12.0. The van der Waals surface area contributed by atoms with Crippen LogP contribution >= 0.6 is 0 Å². The summed E-state index contributed by atoms with van der Waals surface area (Å²) in [5.74, 6) is -1.78. The molecule has 39 heavy (non-hydrogen) atoms. The summed E-state index contributed by atoms with van der Waals surface area (Å²) in [6.45, 7) is 1.96. The molecule has 3 rings (SSSR count). The summed E-state index contributed by atoms with van der Waals surface area (Å²) in [4.78, 5) is 28.2. The number of nitrogens with zero attached hydrogens (tertiary/aromatic N) is 2. The molecule has 0 aliphatic rings. The monoisotopic (exact) mass is 557 g/mol. The van der Waals surface area contributed by atoms with Gasteiger partial charge in [-0.25, -0.2) is 17.2 Å². The molecule has 0 radical (unpaired) electrons. The van der Waals surface area contributed by atoms with E-state index in [4.69, 9.17) is 0 Å². The van der Waals surface area contributed by atoms with Gasteiger partial charge in [0, 0.05) is 38.0 Å². The molecule has 10 heteroatoms. The first-order valence-electron chi connectivity index (χ1n) is 12.7. The number of carbonyl (C=O) groups is 2. The number of halogens is 2. The average molecular weight is 558 g/mol. The van der Waals surface area contributed by atoms with Crippen LogP contribution in [0.2, 0.25) is 0 Å². The van der Waals surface area contributed by atoms with E-state index in [0.29, 0.717) is 6.54 Å². The summed E-state index contributed by atoms with van der Waals surface area (Å²) in [6.07, 6.45) is 1.29. The number of anilines is 1. The van der Waals surface area contributed by atoms with Crippen molar-refractivity contribution < 1.29 is 26.8 Å². The van der Waals surface area contributed by atoms with Crippen molar-refractivity contribution in [3.63, 3.8) is 0 Å². The number of nitrogens with one attached hydrogen (secondary N) is 1.